The lowest BCUT2D eigenvalue weighted by Gasteiger charge is -2.20. The molecule has 0 N–H and O–H groups in total. The molecule has 0 heteroatoms. The summed E-state index contributed by atoms with van der Waals surface area (Å²) in [5.41, 5.74) is 2.33. The topological polar surface area (TPSA) is 0 Å². The van der Waals surface area contributed by atoms with Crippen LogP contribution >= 0.6 is 0 Å². The fourth-order valence-corrected chi connectivity index (χ4v) is 1.38. The van der Waals surface area contributed by atoms with E-state index < -0.39 is 0 Å². The van der Waals surface area contributed by atoms with E-state index in [0.717, 1.165) is 0 Å². The monoisotopic (exact) mass is 182 g/mol. The Bertz CT molecular complexity index is 171. The van der Waals surface area contributed by atoms with Gasteiger partial charge in [-0.2, -0.15) is 0 Å². The Labute approximate surface area is 84.4 Å². The van der Waals surface area contributed by atoms with E-state index in [-0.39, 0.29) is 0 Å². The van der Waals surface area contributed by atoms with Crippen molar-refractivity contribution in [1.29, 1.82) is 0 Å². The summed E-state index contributed by atoms with van der Waals surface area (Å²) in [4.78, 5) is 0. The Hall–Kier alpha value is -0.260. The van der Waals surface area contributed by atoms with Gasteiger partial charge in [0.05, 0.1) is 0 Å². The van der Waals surface area contributed by atoms with Crippen molar-refractivity contribution in [3.63, 3.8) is 0 Å². The maximum Gasteiger partial charge on any atom is -0.0201 e. The van der Waals surface area contributed by atoms with Crippen LogP contribution in [-0.2, 0) is 0 Å². The molecule has 0 aromatic rings. The van der Waals surface area contributed by atoms with Crippen molar-refractivity contribution in [1.82, 2.24) is 0 Å². The summed E-state index contributed by atoms with van der Waals surface area (Å²) in [5.74, 6) is 0. The van der Waals surface area contributed by atoms with E-state index in [4.69, 9.17) is 0 Å². The zero-order chi connectivity index (χ0) is 10.7. The van der Waals surface area contributed by atoms with E-state index in [9.17, 15) is 0 Å². The summed E-state index contributed by atoms with van der Waals surface area (Å²) in [7, 11) is 0. The van der Waals surface area contributed by atoms with E-state index in [2.05, 4.69) is 54.5 Å². The predicted molar refractivity (Wildman–Crippen MR) is 61.9 cm³/mol. The lowest BCUT2D eigenvalue weighted by atomic mass is 9.86. The fourth-order valence-electron chi connectivity index (χ4n) is 1.38. The molecule has 0 bridgehead atoms. The summed E-state index contributed by atoms with van der Waals surface area (Å²) in [5, 5.41) is 0. The van der Waals surface area contributed by atoms with Crippen LogP contribution in [0.3, 0.4) is 0 Å². The molecule has 0 aromatic heterocycles. The molecule has 0 radical (unpaired) electrons. The molecule has 0 saturated heterocycles. The molecule has 0 heterocycles. The molecule has 0 spiro atoms. The third kappa shape index (κ3) is 9.66. The minimum atomic E-state index is 0.335. The number of rotatable bonds is 2. The molecule has 0 aliphatic carbocycles. The van der Waals surface area contributed by atoms with Crippen molar-refractivity contribution in [2.45, 2.75) is 61.3 Å². The highest BCUT2D eigenvalue weighted by Crippen LogP contribution is 2.25. The summed E-state index contributed by atoms with van der Waals surface area (Å²) < 4.78 is 0. The largest absolute Gasteiger partial charge is 0.0802 e. The lowest BCUT2D eigenvalue weighted by molar-refractivity contribution is 0.376. The summed E-state index contributed by atoms with van der Waals surface area (Å²) in [6.45, 7) is 15.9. The van der Waals surface area contributed by atoms with E-state index in [1.54, 1.807) is 0 Å². The molecular weight excluding hydrogens is 156 g/mol. The molecule has 78 valence electrons. The highest BCUT2D eigenvalue weighted by molar-refractivity contribution is 5.04. The van der Waals surface area contributed by atoms with Crippen LogP contribution in [0.2, 0.25) is 0 Å². The molecule has 0 aliphatic rings. The van der Waals surface area contributed by atoms with Gasteiger partial charge >= 0.3 is 0 Å². The minimum Gasteiger partial charge on any atom is -0.0802 e. The molecule has 0 saturated carbocycles. The van der Waals surface area contributed by atoms with Gasteiger partial charge in [0.15, 0.2) is 0 Å². The molecule has 0 aromatic carbocycles. The van der Waals surface area contributed by atoms with E-state index in [1.807, 2.05) is 0 Å². The Morgan fingerprint density at radius 3 is 1.77 bits per heavy atom. The molecule has 0 aliphatic heterocycles. The van der Waals surface area contributed by atoms with Crippen LogP contribution in [0, 0.1) is 10.8 Å². The van der Waals surface area contributed by atoms with Gasteiger partial charge in [-0.05, 0) is 30.6 Å². The van der Waals surface area contributed by atoms with Gasteiger partial charge in [-0.25, -0.2) is 0 Å². The maximum atomic E-state index is 2.39. The second-order valence-corrected chi connectivity index (χ2v) is 6.42. The van der Waals surface area contributed by atoms with Crippen LogP contribution in [0.1, 0.15) is 61.3 Å². The summed E-state index contributed by atoms with van der Waals surface area (Å²) >= 11 is 0. The van der Waals surface area contributed by atoms with Crippen LogP contribution in [0.4, 0.5) is 0 Å². The van der Waals surface area contributed by atoms with Crippen LogP contribution in [-0.4, -0.2) is 0 Å². The quantitative estimate of drug-likeness (QED) is 0.538. The zero-order valence-electron chi connectivity index (χ0n) is 10.5. The van der Waals surface area contributed by atoms with E-state index >= 15 is 0 Å². The Morgan fingerprint density at radius 2 is 1.46 bits per heavy atom. The molecule has 0 nitrogen and oxygen atoms in total. The molecule has 0 rings (SSSR count). The first-order valence-electron chi connectivity index (χ1n) is 5.28. The smallest absolute Gasteiger partial charge is 0.0201 e. The fraction of sp³-hybridized carbons (Fsp3) is 0.846. The summed E-state index contributed by atoms with van der Waals surface area (Å²) in [6, 6.07) is 0. The predicted octanol–water partition coefficient (Wildman–Crippen LogP) is 4.81. The molecular formula is C13H26. The average molecular weight is 182 g/mol. The lowest BCUT2D eigenvalue weighted by Crippen LogP contribution is -2.06. The molecule has 13 heavy (non-hydrogen) atoms. The maximum absolute atomic E-state index is 2.39. The normalized spacial score (nSPS) is 14.8. The highest BCUT2D eigenvalue weighted by Gasteiger charge is 2.11. The van der Waals surface area contributed by atoms with Crippen molar-refractivity contribution in [2.24, 2.45) is 10.8 Å². The standard InChI is InChI=1S/C13H26/c1-11(10-13(5,6)7)8-9-12(2,3)4/h10H,8-9H2,1-7H3/b11-10+. The van der Waals surface area contributed by atoms with Crippen LogP contribution in [0.15, 0.2) is 11.6 Å². The van der Waals surface area contributed by atoms with Crippen molar-refractivity contribution < 1.29 is 0 Å². The van der Waals surface area contributed by atoms with Crippen molar-refractivity contribution >= 4 is 0 Å². The Kier molecular flexibility index (Phi) is 4.22. The van der Waals surface area contributed by atoms with Crippen LogP contribution in [0.25, 0.3) is 0 Å². The molecule has 0 fully saturated rings. The first-order chi connectivity index (χ1) is 5.60. The first kappa shape index (κ1) is 12.7. The number of allylic oxidation sites excluding steroid dienone is 2. The molecule has 0 atom stereocenters. The van der Waals surface area contributed by atoms with Crippen molar-refractivity contribution in [3.8, 4) is 0 Å². The summed E-state index contributed by atoms with van der Waals surface area (Å²) in [6.07, 6.45) is 4.91. The van der Waals surface area contributed by atoms with Gasteiger partial charge < -0.3 is 0 Å². The second kappa shape index (κ2) is 4.30. The average Bonchev–Trinajstić information content (AvgIpc) is 1.78. The van der Waals surface area contributed by atoms with Gasteiger partial charge in [-0.15, -0.1) is 0 Å². The van der Waals surface area contributed by atoms with E-state index in [0.29, 0.717) is 10.8 Å². The van der Waals surface area contributed by atoms with Crippen molar-refractivity contribution in [2.75, 3.05) is 0 Å². The number of hydrogen-bond acceptors (Lipinski definition) is 0. The van der Waals surface area contributed by atoms with Crippen LogP contribution in [0.5, 0.6) is 0 Å². The second-order valence-electron chi connectivity index (χ2n) is 6.42. The van der Waals surface area contributed by atoms with Gasteiger partial charge in [0.25, 0.3) is 0 Å². The van der Waals surface area contributed by atoms with Gasteiger partial charge in [0.1, 0.15) is 0 Å². The number of hydrogen-bond donors (Lipinski definition) is 0. The van der Waals surface area contributed by atoms with Gasteiger partial charge in [0.2, 0.25) is 0 Å². The zero-order valence-corrected chi connectivity index (χ0v) is 10.5. The van der Waals surface area contributed by atoms with Crippen molar-refractivity contribution in [3.05, 3.63) is 11.6 Å². The Morgan fingerprint density at radius 1 is 1.00 bits per heavy atom. The van der Waals surface area contributed by atoms with Gasteiger partial charge in [-0.1, -0.05) is 53.2 Å². The van der Waals surface area contributed by atoms with Gasteiger partial charge in [-0.3, -0.25) is 0 Å². The Balaban J connectivity index is 4.02. The molecule has 0 unspecified atom stereocenters. The molecule has 0 amide bonds. The third-order valence-electron chi connectivity index (χ3n) is 1.95. The SMILES string of the molecule is C/C(=C\C(C)(C)C)CCC(C)(C)C. The van der Waals surface area contributed by atoms with Gasteiger partial charge in [0, 0.05) is 0 Å². The highest BCUT2D eigenvalue weighted by atomic mass is 14.2. The minimum absolute atomic E-state index is 0.335. The first-order valence-corrected chi connectivity index (χ1v) is 5.28. The third-order valence-corrected chi connectivity index (χ3v) is 1.95. The van der Waals surface area contributed by atoms with E-state index in [1.165, 1.54) is 18.4 Å². The van der Waals surface area contributed by atoms with Crippen LogP contribution < -0.4 is 0 Å².